The minimum Gasteiger partial charge on any atom is -0.376 e. The molecule has 1 aliphatic rings. The van der Waals surface area contributed by atoms with E-state index in [1.54, 1.807) is 0 Å². The molecule has 1 heterocycles. The van der Waals surface area contributed by atoms with Gasteiger partial charge >= 0.3 is 0 Å². The van der Waals surface area contributed by atoms with Crippen molar-refractivity contribution in [1.82, 2.24) is 5.32 Å². The van der Waals surface area contributed by atoms with Crippen LogP contribution in [0.5, 0.6) is 0 Å². The molecule has 3 atom stereocenters. The zero-order chi connectivity index (χ0) is 13.7. The highest BCUT2D eigenvalue weighted by Gasteiger charge is 2.27. The molecule has 1 amide bonds. The minimum atomic E-state index is -0.451. The summed E-state index contributed by atoms with van der Waals surface area (Å²) in [6, 6.07) is 9.74. The van der Waals surface area contributed by atoms with Crippen LogP contribution in [0, 0.1) is 0 Å². The van der Waals surface area contributed by atoms with E-state index in [9.17, 15) is 4.79 Å². The maximum atomic E-state index is 12.0. The van der Waals surface area contributed by atoms with Crippen LogP contribution in [-0.4, -0.2) is 30.7 Å². The van der Waals surface area contributed by atoms with Crippen molar-refractivity contribution in [3.8, 4) is 0 Å². The molecular formula is C15H22N2O2. The Balaban J connectivity index is 1.76. The first-order chi connectivity index (χ1) is 9.16. The molecule has 4 nitrogen and oxygen atoms in total. The Hall–Kier alpha value is -1.39. The van der Waals surface area contributed by atoms with Crippen LogP contribution in [0.25, 0.3) is 0 Å². The fourth-order valence-electron chi connectivity index (χ4n) is 2.31. The van der Waals surface area contributed by atoms with E-state index in [0.29, 0.717) is 13.0 Å². The molecule has 0 aromatic heterocycles. The topological polar surface area (TPSA) is 64.3 Å². The highest BCUT2D eigenvalue weighted by molar-refractivity contribution is 5.81. The van der Waals surface area contributed by atoms with Crippen molar-refractivity contribution >= 4 is 5.91 Å². The second-order valence-corrected chi connectivity index (χ2v) is 5.11. The number of aryl methyl sites for hydroxylation is 1. The Morgan fingerprint density at radius 1 is 1.47 bits per heavy atom. The summed E-state index contributed by atoms with van der Waals surface area (Å²) < 4.78 is 5.42. The number of rotatable bonds is 5. The van der Waals surface area contributed by atoms with Crippen LogP contribution in [0.3, 0.4) is 0 Å². The average molecular weight is 262 g/mol. The number of benzene rings is 1. The van der Waals surface area contributed by atoms with Crippen LogP contribution >= 0.6 is 0 Å². The lowest BCUT2D eigenvalue weighted by molar-refractivity contribution is -0.123. The number of amides is 1. The molecule has 1 aliphatic heterocycles. The van der Waals surface area contributed by atoms with Crippen molar-refractivity contribution in [1.29, 1.82) is 0 Å². The van der Waals surface area contributed by atoms with Gasteiger partial charge in [-0.25, -0.2) is 0 Å². The summed E-state index contributed by atoms with van der Waals surface area (Å²) in [6.45, 7) is 2.69. The van der Waals surface area contributed by atoms with Crippen LogP contribution < -0.4 is 11.1 Å². The number of nitrogens with two attached hydrogens (primary N) is 1. The maximum absolute atomic E-state index is 12.0. The lowest BCUT2D eigenvalue weighted by atomic mass is 10.0. The molecule has 1 aromatic carbocycles. The summed E-state index contributed by atoms with van der Waals surface area (Å²) in [7, 11) is 0. The first kappa shape index (κ1) is 14.0. The number of ether oxygens (including phenoxy) is 1. The van der Waals surface area contributed by atoms with E-state index in [2.05, 4.69) is 17.4 Å². The molecule has 104 valence electrons. The van der Waals surface area contributed by atoms with Gasteiger partial charge < -0.3 is 15.8 Å². The highest BCUT2D eigenvalue weighted by atomic mass is 16.5. The maximum Gasteiger partial charge on any atom is 0.237 e. The number of hydrogen-bond acceptors (Lipinski definition) is 3. The molecule has 0 bridgehead atoms. The minimum absolute atomic E-state index is 0.0710. The van der Waals surface area contributed by atoms with Crippen LogP contribution in [0.15, 0.2) is 30.3 Å². The number of hydrogen-bond donors (Lipinski definition) is 2. The van der Waals surface area contributed by atoms with E-state index in [1.807, 2.05) is 25.1 Å². The second-order valence-electron chi connectivity index (χ2n) is 5.11. The van der Waals surface area contributed by atoms with Gasteiger partial charge in [0, 0.05) is 6.61 Å². The van der Waals surface area contributed by atoms with E-state index in [1.165, 1.54) is 5.56 Å². The molecule has 0 saturated carbocycles. The van der Waals surface area contributed by atoms with Gasteiger partial charge in [-0.2, -0.15) is 0 Å². The Labute approximate surface area is 114 Å². The molecule has 3 N–H and O–H groups in total. The van der Waals surface area contributed by atoms with Gasteiger partial charge in [-0.15, -0.1) is 0 Å². The van der Waals surface area contributed by atoms with Crippen LogP contribution in [0.4, 0.5) is 0 Å². The predicted octanol–water partition coefficient (Wildman–Crippen LogP) is 1.24. The van der Waals surface area contributed by atoms with Gasteiger partial charge in [0.1, 0.15) is 0 Å². The largest absolute Gasteiger partial charge is 0.376 e. The van der Waals surface area contributed by atoms with Gasteiger partial charge in [-0.1, -0.05) is 30.3 Å². The molecule has 19 heavy (non-hydrogen) atoms. The van der Waals surface area contributed by atoms with Gasteiger partial charge in [0.25, 0.3) is 0 Å². The van der Waals surface area contributed by atoms with Gasteiger partial charge in [-0.05, 0) is 31.7 Å². The van der Waals surface area contributed by atoms with E-state index >= 15 is 0 Å². The summed E-state index contributed by atoms with van der Waals surface area (Å²) in [4.78, 5) is 12.0. The lowest BCUT2D eigenvalue weighted by Crippen LogP contribution is -2.47. The van der Waals surface area contributed by atoms with E-state index < -0.39 is 6.04 Å². The number of carbonyl (C=O) groups excluding carboxylic acids is 1. The van der Waals surface area contributed by atoms with Crippen molar-refractivity contribution < 1.29 is 9.53 Å². The fraction of sp³-hybridized carbons (Fsp3) is 0.533. The highest BCUT2D eigenvalue weighted by Crippen LogP contribution is 2.13. The third-order valence-corrected chi connectivity index (χ3v) is 3.63. The van der Waals surface area contributed by atoms with E-state index in [0.717, 1.165) is 12.8 Å². The van der Waals surface area contributed by atoms with Crippen LogP contribution in [-0.2, 0) is 16.0 Å². The molecule has 1 aromatic rings. The Morgan fingerprint density at radius 2 is 2.21 bits per heavy atom. The van der Waals surface area contributed by atoms with Gasteiger partial charge in [0.05, 0.1) is 18.2 Å². The fourth-order valence-corrected chi connectivity index (χ4v) is 2.31. The summed E-state index contributed by atoms with van der Waals surface area (Å²) >= 11 is 0. The van der Waals surface area contributed by atoms with Gasteiger partial charge in [0.15, 0.2) is 0 Å². The second kappa shape index (κ2) is 6.68. The summed E-state index contributed by atoms with van der Waals surface area (Å²) in [5, 5.41) is 2.98. The molecular weight excluding hydrogens is 240 g/mol. The summed E-state index contributed by atoms with van der Waals surface area (Å²) in [6.07, 6.45) is 2.45. The van der Waals surface area contributed by atoms with E-state index in [4.69, 9.17) is 10.5 Å². The molecule has 1 fully saturated rings. The normalized spacial score (nSPS) is 24.1. The number of carbonyl (C=O) groups is 1. The van der Waals surface area contributed by atoms with Crippen molar-refractivity contribution in [2.24, 2.45) is 5.73 Å². The first-order valence-corrected chi connectivity index (χ1v) is 6.88. The SMILES string of the molecule is CC1OCCC1NC(=O)[C@@H](N)CCc1ccccc1. The standard InChI is InChI=1S/C15H22N2O2/c1-11-14(9-10-19-11)17-15(18)13(16)8-7-12-5-3-2-4-6-12/h2-6,11,13-14H,7-10,16H2,1H3,(H,17,18)/t11?,13-,14?/m0/s1. The molecule has 0 radical (unpaired) electrons. The average Bonchev–Trinajstić information content (AvgIpc) is 2.82. The van der Waals surface area contributed by atoms with Crippen LogP contribution in [0.2, 0.25) is 0 Å². The van der Waals surface area contributed by atoms with E-state index in [-0.39, 0.29) is 18.1 Å². The zero-order valence-electron chi connectivity index (χ0n) is 11.3. The van der Waals surface area contributed by atoms with Crippen molar-refractivity contribution in [3.63, 3.8) is 0 Å². The number of nitrogens with one attached hydrogen (secondary N) is 1. The van der Waals surface area contributed by atoms with Crippen molar-refractivity contribution in [2.45, 2.75) is 44.4 Å². The first-order valence-electron chi connectivity index (χ1n) is 6.88. The molecule has 2 rings (SSSR count). The monoisotopic (exact) mass is 262 g/mol. The van der Waals surface area contributed by atoms with Gasteiger partial charge in [-0.3, -0.25) is 4.79 Å². The van der Waals surface area contributed by atoms with Crippen molar-refractivity contribution in [3.05, 3.63) is 35.9 Å². The predicted molar refractivity (Wildman–Crippen MR) is 74.7 cm³/mol. The Bertz CT molecular complexity index is 408. The third kappa shape index (κ3) is 4.04. The molecule has 0 spiro atoms. The Morgan fingerprint density at radius 3 is 2.84 bits per heavy atom. The molecule has 4 heteroatoms. The van der Waals surface area contributed by atoms with Crippen molar-refractivity contribution in [2.75, 3.05) is 6.61 Å². The Kier molecular flexibility index (Phi) is 4.93. The summed E-state index contributed by atoms with van der Waals surface area (Å²) in [5.74, 6) is -0.0710. The van der Waals surface area contributed by atoms with Gasteiger partial charge in [0.2, 0.25) is 5.91 Å². The zero-order valence-corrected chi connectivity index (χ0v) is 11.3. The molecule has 2 unspecified atom stereocenters. The quantitative estimate of drug-likeness (QED) is 0.839. The van der Waals surface area contributed by atoms with Crippen LogP contribution in [0.1, 0.15) is 25.3 Å². The smallest absolute Gasteiger partial charge is 0.237 e. The lowest BCUT2D eigenvalue weighted by Gasteiger charge is -2.19. The molecule has 1 saturated heterocycles. The molecule has 0 aliphatic carbocycles. The summed E-state index contributed by atoms with van der Waals surface area (Å²) in [5.41, 5.74) is 7.15. The third-order valence-electron chi connectivity index (χ3n) is 3.63.